The van der Waals surface area contributed by atoms with Crippen LogP contribution >= 0.6 is 11.6 Å². The van der Waals surface area contributed by atoms with Gasteiger partial charge in [0.15, 0.2) is 0 Å². The highest BCUT2D eigenvalue weighted by Crippen LogP contribution is 2.15. The molecule has 0 aromatic heterocycles. The van der Waals surface area contributed by atoms with Crippen molar-refractivity contribution in [3.8, 4) is 0 Å². The van der Waals surface area contributed by atoms with Crippen LogP contribution < -0.4 is 10.6 Å². The molecule has 0 spiro atoms. The molecule has 2 N–H and O–H groups in total. The molecule has 1 saturated heterocycles. The number of nitrogens with one attached hydrogen (secondary N) is 2. The molecule has 0 bridgehead atoms. The summed E-state index contributed by atoms with van der Waals surface area (Å²) in [7, 11) is 0. The third-order valence-corrected chi connectivity index (χ3v) is 3.25. The van der Waals surface area contributed by atoms with Crippen LogP contribution in [0.1, 0.15) is 29.6 Å². The highest BCUT2D eigenvalue weighted by atomic mass is 35.5. The van der Waals surface area contributed by atoms with E-state index in [0.29, 0.717) is 13.0 Å². The standard InChI is InChI=1S/C13H14ClFN2O2/c14-8-4-5-9(10(15)7-8)12(18)17-11-3-1-2-6-16-13(11)19/h4-5,7,11H,1-3,6H2,(H,16,19)(H,17,18)/t11-/m0/s1. The molecule has 1 aromatic carbocycles. The van der Waals surface area contributed by atoms with E-state index in [1.165, 1.54) is 12.1 Å². The summed E-state index contributed by atoms with van der Waals surface area (Å²) in [5.41, 5.74) is -0.110. The Morgan fingerprint density at radius 3 is 2.95 bits per heavy atom. The van der Waals surface area contributed by atoms with E-state index in [1.54, 1.807) is 0 Å². The number of amides is 2. The molecule has 1 atom stereocenters. The predicted octanol–water partition coefficient (Wildman–Crippen LogP) is 1.88. The molecule has 0 unspecified atom stereocenters. The summed E-state index contributed by atoms with van der Waals surface area (Å²) in [6.45, 7) is 0.612. The zero-order valence-corrected chi connectivity index (χ0v) is 11.0. The van der Waals surface area contributed by atoms with E-state index in [4.69, 9.17) is 11.6 Å². The average Bonchev–Trinajstić information content (AvgIpc) is 2.55. The molecular weight excluding hydrogens is 271 g/mol. The molecule has 0 saturated carbocycles. The summed E-state index contributed by atoms with van der Waals surface area (Å²) in [6, 6.07) is 3.21. The Labute approximate surface area is 115 Å². The first-order chi connectivity index (χ1) is 9.08. The highest BCUT2D eigenvalue weighted by molar-refractivity contribution is 6.30. The summed E-state index contributed by atoms with van der Waals surface area (Å²) >= 11 is 5.62. The SMILES string of the molecule is O=C(N[C@H]1CCCCNC1=O)c1ccc(Cl)cc1F. The Kier molecular flexibility index (Phi) is 4.37. The van der Waals surface area contributed by atoms with Gasteiger partial charge in [-0.15, -0.1) is 0 Å². The van der Waals surface area contributed by atoms with Crippen molar-refractivity contribution in [1.29, 1.82) is 0 Å². The van der Waals surface area contributed by atoms with Crippen LogP contribution in [-0.2, 0) is 4.79 Å². The van der Waals surface area contributed by atoms with Crippen LogP contribution in [0.2, 0.25) is 5.02 Å². The number of hydrogen-bond acceptors (Lipinski definition) is 2. The fourth-order valence-corrected chi connectivity index (χ4v) is 2.15. The fourth-order valence-electron chi connectivity index (χ4n) is 1.99. The highest BCUT2D eigenvalue weighted by Gasteiger charge is 2.23. The monoisotopic (exact) mass is 284 g/mol. The summed E-state index contributed by atoms with van der Waals surface area (Å²) < 4.78 is 13.6. The first-order valence-electron chi connectivity index (χ1n) is 6.11. The molecule has 2 rings (SSSR count). The number of halogens is 2. The van der Waals surface area contributed by atoms with Crippen LogP contribution in [-0.4, -0.2) is 24.4 Å². The first kappa shape index (κ1) is 13.8. The molecule has 1 aliphatic rings. The third-order valence-electron chi connectivity index (χ3n) is 3.02. The van der Waals surface area contributed by atoms with Crippen LogP contribution in [0.4, 0.5) is 4.39 Å². The van der Waals surface area contributed by atoms with Gasteiger partial charge >= 0.3 is 0 Å². The summed E-state index contributed by atoms with van der Waals surface area (Å²) in [4.78, 5) is 23.6. The normalized spacial score (nSPS) is 19.5. The van der Waals surface area contributed by atoms with E-state index in [9.17, 15) is 14.0 Å². The number of rotatable bonds is 2. The van der Waals surface area contributed by atoms with Gasteiger partial charge in [0.25, 0.3) is 5.91 Å². The average molecular weight is 285 g/mol. The molecule has 1 aromatic rings. The van der Waals surface area contributed by atoms with E-state index >= 15 is 0 Å². The topological polar surface area (TPSA) is 58.2 Å². The van der Waals surface area contributed by atoms with E-state index in [1.807, 2.05) is 0 Å². The van der Waals surface area contributed by atoms with Crippen LogP contribution in [0.15, 0.2) is 18.2 Å². The first-order valence-corrected chi connectivity index (χ1v) is 6.49. The number of benzene rings is 1. The minimum absolute atomic E-state index is 0.110. The Bertz CT molecular complexity index is 507. The molecular formula is C13H14ClFN2O2. The lowest BCUT2D eigenvalue weighted by atomic mass is 10.1. The van der Waals surface area contributed by atoms with Gasteiger partial charge in [-0.1, -0.05) is 11.6 Å². The van der Waals surface area contributed by atoms with Gasteiger partial charge in [0.1, 0.15) is 11.9 Å². The zero-order valence-electron chi connectivity index (χ0n) is 10.2. The maximum absolute atomic E-state index is 13.6. The number of carbonyl (C=O) groups excluding carboxylic acids is 2. The molecule has 1 fully saturated rings. The molecule has 6 heteroatoms. The Balaban J connectivity index is 2.09. The lowest BCUT2D eigenvalue weighted by Gasteiger charge is -2.15. The molecule has 2 amide bonds. The molecule has 1 heterocycles. The van der Waals surface area contributed by atoms with Gasteiger partial charge in [-0.05, 0) is 37.5 Å². The van der Waals surface area contributed by atoms with Crippen molar-refractivity contribution in [3.63, 3.8) is 0 Å². The van der Waals surface area contributed by atoms with Gasteiger partial charge in [-0.2, -0.15) is 0 Å². The van der Waals surface area contributed by atoms with E-state index in [2.05, 4.69) is 10.6 Å². The Hall–Kier alpha value is -1.62. The van der Waals surface area contributed by atoms with Crippen molar-refractivity contribution in [2.75, 3.05) is 6.54 Å². The van der Waals surface area contributed by atoms with Crippen molar-refractivity contribution in [2.45, 2.75) is 25.3 Å². The minimum atomic E-state index is -0.695. The largest absolute Gasteiger partial charge is 0.354 e. The van der Waals surface area contributed by atoms with Gasteiger partial charge in [-0.25, -0.2) is 4.39 Å². The predicted molar refractivity (Wildman–Crippen MR) is 69.5 cm³/mol. The summed E-state index contributed by atoms with van der Waals surface area (Å²) in [5.74, 6) is -1.52. The molecule has 19 heavy (non-hydrogen) atoms. The minimum Gasteiger partial charge on any atom is -0.354 e. The van der Waals surface area contributed by atoms with E-state index in [-0.39, 0.29) is 16.5 Å². The van der Waals surface area contributed by atoms with Crippen LogP contribution in [0.3, 0.4) is 0 Å². The van der Waals surface area contributed by atoms with Crippen LogP contribution in [0, 0.1) is 5.82 Å². The van der Waals surface area contributed by atoms with Crippen molar-refractivity contribution >= 4 is 23.4 Å². The maximum atomic E-state index is 13.6. The summed E-state index contributed by atoms with van der Waals surface area (Å²) in [5, 5.41) is 5.48. The van der Waals surface area contributed by atoms with Crippen molar-refractivity contribution < 1.29 is 14.0 Å². The van der Waals surface area contributed by atoms with Crippen LogP contribution in [0.25, 0.3) is 0 Å². The smallest absolute Gasteiger partial charge is 0.254 e. The van der Waals surface area contributed by atoms with Gasteiger partial charge in [0, 0.05) is 11.6 Å². The van der Waals surface area contributed by atoms with Crippen molar-refractivity contribution in [1.82, 2.24) is 10.6 Å². The van der Waals surface area contributed by atoms with Gasteiger partial charge in [0.2, 0.25) is 5.91 Å². The zero-order chi connectivity index (χ0) is 13.8. The second kappa shape index (κ2) is 6.02. The Morgan fingerprint density at radius 1 is 1.42 bits per heavy atom. The lowest BCUT2D eigenvalue weighted by Crippen LogP contribution is -2.45. The molecule has 4 nitrogen and oxygen atoms in total. The maximum Gasteiger partial charge on any atom is 0.254 e. The number of carbonyl (C=O) groups is 2. The van der Waals surface area contributed by atoms with E-state index in [0.717, 1.165) is 18.9 Å². The lowest BCUT2D eigenvalue weighted by molar-refractivity contribution is -0.122. The number of hydrogen-bond donors (Lipinski definition) is 2. The second-order valence-electron chi connectivity index (χ2n) is 4.44. The molecule has 1 aliphatic heterocycles. The van der Waals surface area contributed by atoms with Crippen molar-refractivity contribution in [2.24, 2.45) is 0 Å². The van der Waals surface area contributed by atoms with Gasteiger partial charge in [0.05, 0.1) is 5.56 Å². The van der Waals surface area contributed by atoms with E-state index < -0.39 is 17.8 Å². The fraction of sp³-hybridized carbons (Fsp3) is 0.385. The van der Waals surface area contributed by atoms with Crippen LogP contribution in [0.5, 0.6) is 0 Å². The molecule has 0 radical (unpaired) electrons. The molecule has 102 valence electrons. The Morgan fingerprint density at radius 2 is 2.21 bits per heavy atom. The molecule has 0 aliphatic carbocycles. The van der Waals surface area contributed by atoms with Gasteiger partial charge in [-0.3, -0.25) is 9.59 Å². The third kappa shape index (κ3) is 3.44. The van der Waals surface area contributed by atoms with Crippen molar-refractivity contribution in [3.05, 3.63) is 34.6 Å². The quantitative estimate of drug-likeness (QED) is 0.871. The summed E-state index contributed by atoms with van der Waals surface area (Å²) in [6.07, 6.45) is 2.28. The second-order valence-corrected chi connectivity index (χ2v) is 4.87. The van der Waals surface area contributed by atoms with Gasteiger partial charge < -0.3 is 10.6 Å².